The van der Waals surface area contributed by atoms with Crippen LogP contribution in [0.1, 0.15) is 108 Å². The van der Waals surface area contributed by atoms with Crippen molar-refractivity contribution in [2.45, 2.75) is 107 Å². The number of hydrogen-bond acceptors (Lipinski definition) is 5. The van der Waals surface area contributed by atoms with Crippen LogP contribution in [0.3, 0.4) is 0 Å². The molecule has 0 aromatic heterocycles. The van der Waals surface area contributed by atoms with Crippen LogP contribution in [0.15, 0.2) is 72.8 Å². The van der Waals surface area contributed by atoms with Crippen LogP contribution in [-0.4, -0.2) is 6.61 Å². The first kappa shape index (κ1) is 36.5. The molecule has 0 unspecified atom stereocenters. The van der Waals surface area contributed by atoms with Gasteiger partial charge in [0.15, 0.2) is 0 Å². The molecule has 0 spiro atoms. The zero-order valence-electron chi connectivity index (χ0n) is 26.2. The van der Waals surface area contributed by atoms with Gasteiger partial charge in [0.05, 0.1) is 6.61 Å². The molecule has 5 nitrogen and oxygen atoms in total. The van der Waals surface area contributed by atoms with Crippen LogP contribution in [0.4, 0.5) is 0 Å². The minimum absolute atomic E-state index is 0.347. The van der Waals surface area contributed by atoms with E-state index in [1.54, 1.807) is 36.4 Å². The second-order valence-electron chi connectivity index (χ2n) is 11.2. The lowest BCUT2D eigenvalue weighted by Gasteiger charge is -2.20. The summed E-state index contributed by atoms with van der Waals surface area (Å²) in [5, 5.41) is 1.28. The van der Waals surface area contributed by atoms with E-state index in [1.165, 1.54) is 77.0 Å². The van der Waals surface area contributed by atoms with Gasteiger partial charge in [0, 0.05) is 16.7 Å². The van der Waals surface area contributed by atoms with E-state index < -0.39 is 7.82 Å². The number of hydrogen-bond donors (Lipinski definition) is 0. The third-order valence-electron chi connectivity index (χ3n) is 7.33. The van der Waals surface area contributed by atoms with Crippen molar-refractivity contribution < 1.29 is 22.9 Å². The maximum Gasteiger partial charge on any atom is 0.647 e. The standard InChI is InChI=1S/C36H49Br2O5P/c1-2-3-4-5-6-7-8-9-10-11-12-13-14-15-25-40-33-21-18-24-36(28-33)43-44(39,41-34-22-16-19-31(26-34)29-37)42-35-23-17-20-32(27-35)30-38/h16-24,26-28H,2-15,25,29-30H2,1H3. The van der Waals surface area contributed by atoms with Crippen LogP contribution in [0.2, 0.25) is 0 Å². The van der Waals surface area contributed by atoms with Crippen molar-refractivity contribution in [2.75, 3.05) is 6.61 Å². The van der Waals surface area contributed by atoms with Crippen molar-refractivity contribution in [3.8, 4) is 23.0 Å². The van der Waals surface area contributed by atoms with E-state index in [-0.39, 0.29) is 0 Å². The van der Waals surface area contributed by atoms with Gasteiger partial charge in [-0.3, -0.25) is 0 Å². The van der Waals surface area contributed by atoms with Crippen LogP contribution >= 0.6 is 39.7 Å². The third kappa shape index (κ3) is 14.9. The molecule has 0 amide bonds. The highest BCUT2D eigenvalue weighted by molar-refractivity contribution is 9.08. The lowest BCUT2D eigenvalue weighted by Crippen LogP contribution is -2.08. The minimum atomic E-state index is -4.11. The lowest BCUT2D eigenvalue weighted by atomic mass is 10.0. The van der Waals surface area contributed by atoms with E-state index in [9.17, 15) is 4.57 Å². The molecular formula is C36H49Br2O5P. The van der Waals surface area contributed by atoms with Crippen molar-refractivity contribution >= 4 is 39.7 Å². The van der Waals surface area contributed by atoms with Gasteiger partial charge in [-0.1, -0.05) is 153 Å². The summed E-state index contributed by atoms with van der Waals surface area (Å²) in [6.45, 7) is 2.90. The Hall–Kier alpha value is -1.95. The van der Waals surface area contributed by atoms with E-state index in [0.717, 1.165) is 24.0 Å². The maximum absolute atomic E-state index is 14.0. The molecule has 3 aromatic rings. The van der Waals surface area contributed by atoms with Crippen LogP contribution in [0, 0.1) is 0 Å². The topological polar surface area (TPSA) is 54.0 Å². The van der Waals surface area contributed by atoms with Gasteiger partial charge in [-0.15, -0.1) is 0 Å². The molecule has 0 aliphatic heterocycles. The zero-order valence-corrected chi connectivity index (χ0v) is 30.3. The smallest absolute Gasteiger partial charge is 0.493 e. The van der Waals surface area contributed by atoms with E-state index in [1.807, 2.05) is 36.4 Å². The molecule has 0 N–H and O–H groups in total. The molecule has 44 heavy (non-hydrogen) atoms. The Morgan fingerprint density at radius 2 is 0.909 bits per heavy atom. The molecular weight excluding hydrogens is 703 g/mol. The van der Waals surface area contributed by atoms with Crippen molar-refractivity contribution in [1.82, 2.24) is 0 Å². The van der Waals surface area contributed by atoms with E-state index >= 15 is 0 Å². The lowest BCUT2D eigenvalue weighted by molar-refractivity contribution is 0.292. The number of phosphoric acid groups is 1. The second kappa shape index (κ2) is 21.7. The SMILES string of the molecule is CCCCCCCCCCCCCCCCOc1cccc(OP(=O)(Oc2cccc(CBr)c2)Oc2cccc(CBr)c2)c1. The molecule has 0 atom stereocenters. The monoisotopic (exact) mass is 750 g/mol. The molecule has 0 saturated carbocycles. The fraction of sp³-hybridized carbons (Fsp3) is 0.500. The van der Waals surface area contributed by atoms with Crippen molar-refractivity contribution in [3.63, 3.8) is 0 Å². The molecule has 242 valence electrons. The summed E-state index contributed by atoms with van der Waals surface area (Å²) in [4.78, 5) is 0. The highest BCUT2D eigenvalue weighted by Gasteiger charge is 2.33. The number of phosphoric ester groups is 1. The predicted molar refractivity (Wildman–Crippen MR) is 190 cm³/mol. The molecule has 0 aliphatic rings. The summed E-state index contributed by atoms with van der Waals surface area (Å²) in [5.41, 5.74) is 1.96. The van der Waals surface area contributed by atoms with Crippen molar-refractivity contribution in [1.29, 1.82) is 0 Å². The summed E-state index contributed by atoms with van der Waals surface area (Å²) in [5.74, 6) is 1.80. The van der Waals surface area contributed by atoms with E-state index in [0.29, 0.717) is 40.3 Å². The number of halogens is 2. The Kier molecular flexibility index (Phi) is 18.0. The summed E-state index contributed by atoms with van der Waals surface area (Å²) in [6, 6.07) is 21.8. The summed E-state index contributed by atoms with van der Waals surface area (Å²) >= 11 is 6.91. The Labute approximate surface area is 282 Å². The van der Waals surface area contributed by atoms with Gasteiger partial charge in [-0.05, 0) is 53.9 Å². The molecule has 0 fully saturated rings. The number of unbranched alkanes of at least 4 members (excludes halogenated alkanes) is 13. The van der Waals surface area contributed by atoms with E-state index in [4.69, 9.17) is 18.3 Å². The third-order valence-corrected chi connectivity index (χ3v) is 9.93. The van der Waals surface area contributed by atoms with Gasteiger partial charge in [0.1, 0.15) is 23.0 Å². The molecule has 0 heterocycles. The average Bonchev–Trinajstić information content (AvgIpc) is 3.03. The van der Waals surface area contributed by atoms with Gasteiger partial charge in [-0.25, -0.2) is 0 Å². The number of ether oxygens (including phenoxy) is 1. The first-order valence-electron chi connectivity index (χ1n) is 16.2. The van der Waals surface area contributed by atoms with Crippen LogP contribution in [0.25, 0.3) is 0 Å². The van der Waals surface area contributed by atoms with Crippen molar-refractivity contribution in [3.05, 3.63) is 83.9 Å². The Morgan fingerprint density at radius 3 is 1.36 bits per heavy atom. The fourth-order valence-electron chi connectivity index (χ4n) is 4.92. The fourth-order valence-corrected chi connectivity index (χ4v) is 6.85. The molecule has 0 saturated heterocycles. The quantitative estimate of drug-likeness (QED) is 0.0518. The molecule has 0 aliphatic carbocycles. The minimum Gasteiger partial charge on any atom is -0.493 e. The average molecular weight is 753 g/mol. The summed E-state index contributed by atoms with van der Waals surface area (Å²) < 4.78 is 37.7. The second-order valence-corrected chi connectivity index (χ2v) is 13.8. The van der Waals surface area contributed by atoms with Gasteiger partial charge in [0.2, 0.25) is 0 Å². The van der Waals surface area contributed by atoms with Crippen LogP contribution < -0.4 is 18.3 Å². The Balaban J connectivity index is 1.44. The van der Waals surface area contributed by atoms with Crippen molar-refractivity contribution in [2.24, 2.45) is 0 Å². The molecule has 8 heteroatoms. The summed E-state index contributed by atoms with van der Waals surface area (Å²) in [6.07, 6.45) is 18.5. The Morgan fingerprint density at radius 1 is 0.523 bits per heavy atom. The van der Waals surface area contributed by atoms with Gasteiger partial charge >= 0.3 is 7.82 Å². The molecule has 0 radical (unpaired) electrons. The first-order chi connectivity index (χ1) is 21.5. The predicted octanol–water partition coefficient (Wildman–Crippen LogP) is 13.0. The largest absolute Gasteiger partial charge is 0.647 e. The Bertz CT molecular complexity index is 1200. The number of benzene rings is 3. The van der Waals surface area contributed by atoms with Gasteiger partial charge in [0.25, 0.3) is 0 Å². The van der Waals surface area contributed by atoms with Crippen LogP contribution in [0.5, 0.6) is 23.0 Å². The molecule has 3 aromatic carbocycles. The number of alkyl halides is 2. The maximum atomic E-state index is 14.0. The normalized spacial score (nSPS) is 11.3. The molecule has 3 rings (SSSR count). The van der Waals surface area contributed by atoms with Crippen LogP contribution in [-0.2, 0) is 15.2 Å². The van der Waals surface area contributed by atoms with Gasteiger partial charge < -0.3 is 18.3 Å². The zero-order chi connectivity index (χ0) is 31.3. The van der Waals surface area contributed by atoms with Gasteiger partial charge in [-0.2, -0.15) is 4.57 Å². The highest BCUT2D eigenvalue weighted by atomic mass is 79.9. The number of rotatable bonds is 24. The highest BCUT2D eigenvalue weighted by Crippen LogP contribution is 2.50. The first-order valence-corrected chi connectivity index (χ1v) is 20.0. The van der Waals surface area contributed by atoms with E-state index in [2.05, 4.69) is 38.8 Å². The molecule has 0 bridgehead atoms. The summed E-state index contributed by atoms with van der Waals surface area (Å²) in [7, 11) is -4.11.